The molecule has 7 rings (SSSR count). The van der Waals surface area contributed by atoms with Crippen LogP contribution < -0.4 is 10.6 Å². The predicted octanol–water partition coefficient (Wildman–Crippen LogP) is 4.14. The van der Waals surface area contributed by atoms with Crippen molar-refractivity contribution in [1.29, 1.82) is 0 Å². The molecular weight excluding hydrogens is 402 g/mol. The normalized spacial score (nSPS) is 22.4. The molecule has 2 bridgehead atoms. The number of nitrogens with zero attached hydrogens (tertiary/aromatic N) is 2. The lowest BCUT2D eigenvalue weighted by Crippen LogP contribution is -2.41. The zero-order valence-corrected chi connectivity index (χ0v) is 18.5. The number of carbonyl (C=O) groups excluding carboxylic acids is 1. The lowest BCUT2D eigenvalue weighted by molar-refractivity contribution is 0.0976. The first-order chi connectivity index (χ1) is 15.7. The highest BCUT2D eigenvalue weighted by Crippen LogP contribution is 2.32. The number of primary amides is 1. The molecule has 2 aromatic carbocycles. The maximum Gasteiger partial charge on any atom is 0.284 e. The fourth-order valence-electron chi connectivity index (χ4n) is 4.95. The summed E-state index contributed by atoms with van der Waals surface area (Å²) in [6.45, 7) is 7.54. The van der Waals surface area contributed by atoms with Gasteiger partial charge in [0, 0.05) is 29.7 Å². The summed E-state index contributed by atoms with van der Waals surface area (Å²) in [7, 11) is 0. The highest BCUT2D eigenvalue weighted by molar-refractivity contribution is 5.99. The first kappa shape index (κ1) is 21.0. The van der Waals surface area contributed by atoms with Crippen molar-refractivity contribution in [3.05, 3.63) is 54.3 Å². The Morgan fingerprint density at radius 2 is 1.59 bits per heavy atom. The van der Waals surface area contributed by atoms with Crippen molar-refractivity contribution in [2.75, 3.05) is 50.8 Å². The Balaban J connectivity index is 0.000000225. The Kier molecular flexibility index (Phi) is 6.14. The fourth-order valence-corrected chi connectivity index (χ4v) is 4.95. The van der Waals surface area contributed by atoms with E-state index in [-0.39, 0.29) is 5.76 Å². The van der Waals surface area contributed by atoms with Crippen LogP contribution in [0.15, 0.2) is 52.9 Å². The van der Waals surface area contributed by atoms with Gasteiger partial charge in [-0.1, -0.05) is 30.3 Å². The van der Waals surface area contributed by atoms with Crippen molar-refractivity contribution in [2.45, 2.75) is 19.3 Å². The topological polar surface area (TPSA) is 71.9 Å². The average molecular weight is 434 g/mol. The highest BCUT2D eigenvalue weighted by Gasteiger charge is 2.24. The SMILES string of the molecule is C1CN2CCC1CC2.NC(=O)c1cc2cccc(-c3ccc(N4CCOCC4)cc3)c2o1. The van der Waals surface area contributed by atoms with Crippen LogP contribution in [0.4, 0.5) is 5.69 Å². The molecule has 4 aliphatic heterocycles. The summed E-state index contributed by atoms with van der Waals surface area (Å²) in [5.41, 5.74) is 9.19. The standard InChI is InChI=1S/C19H18N2O3.C7H13N/c20-19(22)17-12-14-2-1-3-16(18(14)24-17)13-4-6-15(7-5-13)21-8-10-23-11-9-21;1-4-8-5-2-7(1)3-6-8/h1-7,12H,8-11H2,(H2,20,22);7H,1-6H2. The molecule has 0 spiro atoms. The van der Waals surface area contributed by atoms with Crippen LogP contribution in [-0.4, -0.2) is 56.7 Å². The Labute approximate surface area is 188 Å². The first-order valence-corrected chi connectivity index (χ1v) is 11.7. The number of fused-ring (bicyclic) bond motifs is 4. The minimum Gasteiger partial charge on any atom is -0.450 e. The molecule has 3 aromatic rings. The van der Waals surface area contributed by atoms with E-state index in [1.165, 1.54) is 44.6 Å². The van der Waals surface area contributed by atoms with Gasteiger partial charge >= 0.3 is 0 Å². The molecule has 4 saturated heterocycles. The van der Waals surface area contributed by atoms with Crippen LogP contribution in [0.2, 0.25) is 0 Å². The third-order valence-electron chi connectivity index (χ3n) is 6.90. The van der Waals surface area contributed by atoms with Crippen LogP contribution in [0.25, 0.3) is 22.1 Å². The number of anilines is 1. The molecule has 0 radical (unpaired) electrons. The second-order valence-electron chi connectivity index (χ2n) is 8.92. The summed E-state index contributed by atoms with van der Waals surface area (Å²) in [4.78, 5) is 16.2. The Morgan fingerprint density at radius 3 is 2.16 bits per heavy atom. The van der Waals surface area contributed by atoms with Crippen molar-refractivity contribution < 1.29 is 13.9 Å². The molecule has 1 amide bonds. The van der Waals surface area contributed by atoms with Crippen LogP contribution in [0.3, 0.4) is 0 Å². The summed E-state index contributed by atoms with van der Waals surface area (Å²) in [6.07, 6.45) is 4.46. The zero-order chi connectivity index (χ0) is 21.9. The molecule has 0 atom stereocenters. The molecule has 168 valence electrons. The molecule has 1 aromatic heterocycles. The number of nitrogens with two attached hydrogens (primary N) is 1. The minimum atomic E-state index is -0.556. The highest BCUT2D eigenvalue weighted by atomic mass is 16.5. The van der Waals surface area contributed by atoms with Crippen LogP contribution >= 0.6 is 0 Å². The predicted molar refractivity (Wildman–Crippen MR) is 127 cm³/mol. The van der Waals surface area contributed by atoms with E-state index in [1.807, 2.05) is 18.2 Å². The summed E-state index contributed by atoms with van der Waals surface area (Å²) in [5.74, 6) is 0.738. The molecular formula is C26H31N3O3. The molecule has 0 unspecified atom stereocenters. The number of ether oxygens (including phenoxy) is 1. The second kappa shape index (κ2) is 9.35. The van der Waals surface area contributed by atoms with Gasteiger partial charge in [-0.2, -0.15) is 0 Å². The van der Waals surface area contributed by atoms with Gasteiger partial charge in [0.1, 0.15) is 5.58 Å². The fraction of sp³-hybridized carbons (Fsp3) is 0.423. The van der Waals surface area contributed by atoms with Gasteiger partial charge in [0.25, 0.3) is 5.91 Å². The van der Waals surface area contributed by atoms with Crippen molar-refractivity contribution in [1.82, 2.24) is 4.90 Å². The molecule has 4 aliphatic rings. The van der Waals surface area contributed by atoms with Gasteiger partial charge < -0.3 is 24.7 Å². The Bertz CT molecular complexity index is 1040. The largest absolute Gasteiger partial charge is 0.450 e. The average Bonchev–Trinajstić information content (AvgIpc) is 3.32. The lowest BCUT2D eigenvalue weighted by Gasteiger charge is -2.38. The van der Waals surface area contributed by atoms with E-state index in [1.54, 1.807) is 6.07 Å². The van der Waals surface area contributed by atoms with Crippen molar-refractivity contribution >= 4 is 22.6 Å². The van der Waals surface area contributed by atoms with Crippen LogP contribution in [0.1, 0.15) is 29.8 Å². The van der Waals surface area contributed by atoms with E-state index in [9.17, 15) is 4.79 Å². The van der Waals surface area contributed by atoms with Crippen LogP contribution in [-0.2, 0) is 4.74 Å². The number of rotatable bonds is 3. The minimum absolute atomic E-state index is 0.183. The van der Waals surface area contributed by atoms with Crippen molar-refractivity contribution in [3.63, 3.8) is 0 Å². The number of furan rings is 1. The van der Waals surface area contributed by atoms with Gasteiger partial charge in [0.15, 0.2) is 5.76 Å². The molecule has 0 aliphatic carbocycles. The van der Waals surface area contributed by atoms with Gasteiger partial charge in [0.05, 0.1) is 13.2 Å². The number of para-hydroxylation sites is 1. The van der Waals surface area contributed by atoms with Crippen LogP contribution in [0, 0.1) is 5.92 Å². The molecule has 6 nitrogen and oxygen atoms in total. The number of carbonyl (C=O) groups is 1. The first-order valence-electron chi connectivity index (χ1n) is 11.7. The number of amides is 1. The summed E-state index contributed by atoms with van der Waals surface area (Å²) in [5, 5.41) is 0.874. The molecule has 5 heterocycles. The van der Waals surface area contributed by atoms with E-state index < -0.39 is 5.91 Å². The van der Waals surface area contributed by atoms with E-state index in [0.29, 0.717) is 5.58 Å². The van der Waals surface area contributed by atoms with Gasteiger partial charge in [0.2, 0.25) is 0 Å². The van der Waals surface area contributed by atoms with Gasteiger partial charge in [-0.3, -0.25) is 4.79 Å². The molecule has 32 heavy (non-hydrogen) atoms. The number of morpholine rings is 1. The number of piperidine rings is 3. The summed E-state index contributed by atoms with van der Waals surface area (Å²) in [6, 6.07) is 15.9. The quantitative estimate of drug-likeness (QED) is 0.672. The Morgan fingerprint density at radius 1 is 0.906 bits per heavy atom. The van der Waals surface area contributed by atoms with E-state index >= 15 is 0 Å². The van der Waals surface area contributed by atoms with Gasteiger partial charge in [-0.25, -0.2) is 0 Å². The maximum absolute atomic E-state index is 11.4. The maximum atomic E-state index is 11.4. The molecule has 2 N–H and O–H groups in total. The van der Waals surface area contributed by atoms with Gasteiger partial charge in [-0.15, -0.1) is 0 Å². The zero-order valence-electron chi connectivity index (χ0n) is 18.5. The number of hydrogen-bond donors (Lipinski definition) is 1. The second-order valence-corrected chi connectivity index (χ2v) is 8.92. The van der Waals surface area contributed by atoms with Gasteiger partial charge in [-0.05, 0) is 68.6 Å². The summed E-state index contributed by atoms with van der Waals surface area (Å²) >= 11 is 0. The Hall–Kier alpha value is -2.83. The smallest absolute Gasteiger partial charge is 0.284 e. The van der Waals surface area contributed by atoms with Crippen LogP contribution in [0.5, 0.6) is 0 Å². The van der Waals surface area contributed by atoms with E-state index in [2.05, 4.69) is 34.1 Å². The number of hydrogen-bond acceptors (Lipinski definition) is 5. The number of benzene rings is 2. The third-order valence-corrected chi connectivity index (χ3v) is 6.90. The van der Waals surface area contributed by atoms with E-state index in [0.717, 1.165) is 48.7 Å². The molecule has 6 heteroatoms. The van der Waals surface area contributed by atoms with E-state index in [4.69, 9.17) is 14.9 Å². The molecule has 4 fully saturated rings. The molecule has 0 saturated carbocycles. The van der Waals surface area contributed by atoms with Crippen molar-refractivity contribution in [3.8, 4) is 11.1 Å². The van der Waals surface area contributed by atoms with Crippen molar-refractivity contribution in [2.24, 2.45) is 11.7 Å². The monoisotopic (exact) mass is 433 g/mol. The lowest BCUT2D eigenvalue weighted by atomic mass is 9.89. The third kappa shape index (κ3) is 4.52. The summed E-state index contributed by atoms with van der Waals surface area (Å²) < 4.78 is 11.1.